The van der Waals surface area contributed by atoms with E-state index in [1.165, 1.54) is 17.1 Å². The highest BCUT2D eigenvalue weighted by atomic mass is 16.6. The van der Waals surface area contributed by atoms with Crippen LogP contribution in [0, 0.1) is 0 Å². The molecule has 1 atom stereocenters. The minimum Gasteiger partial charge on any atom is -0.456 e. The summed E-state index contributed by atoms with van der Waals surface area (Å²) in [7, 11) is -1.89. The Hall–Kier alpha value is -1.38. The third-order valence-electron chi connectivity index (χ3n) is 1.93. The Morgan fingerprint density at radius 2 is 2.11 bits per heavy atom. The van der Waals surface area contributed by atoms with Crippen LogP contribution in [-0.2, 0) is 9.39 Å². The first-order chi connectivity index (χ1) is 8.19. The number of nitrogens with zero attached hydrogens (tertiary/aromatic N) is 2. The zero-order chi connectivity index (χ0) is 13.9. The minimum atomic E-state index is -1.89. The van der Waals surface area contributed by atoms with E-state index < -0.39 is 25.1 Å². The van der Waals surface area contributed by atoms with Gasteiger partial charge in [0.15, 0.2) is 0 Å². The predicted octanol–water partition coefficient (Wildman–Crippen LogP) is 0.343. The molecule has 18 heavy (non-hydrogen) atoms. The maximum absolute atomic E-state index is 11.7. The summed E-state index contributed by atoms with van der Waals surface area (Å²) >= 11 is 0. The zero-order valence-corrected chi connectivity index (χ0v) is 10.8. The Morgan fingerprint density at radius 3 is 2.61 bits per heavy atom. The summed E-state index contributed by atoms with van der Waals surface area (Å²) in [5.74, 6) is -0.495. The van der Waals surface area contributed by atoms with Crippen LogP contribution in [0.25, 0.3) is 0 Å². The van der Waals surface area contributed by atoms with Crippen molar-refractivity contribution in [2.24, 2.45) is 0 Å². The van der Waals surface area contributed by atoms with Gasteiger partial charge >= 0.3 is 13.3 Å². The van der Waals surface area contributed by atoms with Crippen molar-refractivity contribution in [1.82, 2.24) is 9.78 Å². The van der Waals surface area contributed by atoms with Gasteiger partial charge in [0.05, 0.1) is 11.8 Å². The Balaban J connectivity index is 2.71. The second-order valence-corrected chi connectivity index (χ2v) is 4.77. The van der Waals surface area contributed by atoms with Crippen molar-refractivity contribution in [3.8, 4) is 0 Å². The lowest BCUT2D eigenvalue weighted by atomic mass is 10.2. The van der Waals surface area contributed by atoms with Crippen molar-refractivity contribution in [3.63, 3.8) is 0 Å². The molecule has 1 heterocycles. The molecular formula is C10H17BN2O5. The number of carbonyl (C=O) groups excluding carboxylic acids is 1. The molecule has 2 N–H and O–H groups in total. The van der Waals surface area contributed by atoms with Crippen LogP contribution in [0.2, 0.25) is 0 Å². The highest BCUT2D eigenvalue weighted by Gasteiger charge is 2.21. The van der Waals surface area contributed by atoms with Gasteiger partial charge in [-0.3, -0.25) is 0 Å². The Labute approximate surface area is 105 Å². The van der Waals surface area contributed by atoms with Crippen molar-refractivity contribution in [3.05, 3.63) is 18.0 Å². The van der Waals surface area contributed by atoms with Crippen LogP contribution in [0.15, 0.2) is 12.4 Å². The number of rotatable bonds is 4. The van der Waals surface area contributed by atoms with Crippen LogP contribution in [0.5, 0.6) is 0 Å². The fraction of sp³-hybridized carbons (Fsp3) is 0.600. The van der Waals surface area contributed by atoms with E-state index in [9.17, 15) is 4.79 Å². The SMILES string of the molecule is C[C@@H](OB(O)O)n1cc(C(=O)OC(C)(C)C)cn1. The van der Waals surface area contributed by atoms with Gasteiger partial charge in [-0.2, -0.15) is 5.10 Å². The van der Waals surface area contributed by atoms with Crippen molar-refractivity contribution in [2.45, 2.75) is 39.5 Å². The molecular weight excluding hydrogens is 239 g/mol. The molecule has 8 heteroatoms. The molecule has 0 amide bonds. The van der Waals surface area contributed by atoms with Crippen LogP contribution < -0.4 is 0 Å². The maximum atomic E-state index is 11.7. The van der Waals surface area contributed by atoms with E-state index in [1.54, 1.807) is 27.7 Å². The summed E-state index contributed by atoms with van der Waals surface area (Å²) in [6.07, 6.45) is 2.04. The van der Waals surface area contributed by atoms with Gasteiger partial charge in [-0.05, 0) is 27.7 Å². The molecule has 0 spiro atoms. The first kappa shape index (κ1) is 14.7. The lowest BCUT2D eigenvalue weighted by Gasteiger charge is -2.18. The molecule has 0 aliphatic rings. The van der Waals surface area contributed by atoms with Gasteiger partial charge in [0.25, 0.3) is 0 Å². The van der Waals surface area contributed by atoms with Gasteiger partial charge in [-0.25, -0.2) is 9.48 Å². The third-order valence-corrected chi connectivity index (χ3v) is 1.93. The lowest BCUT2D eigenvalue weighted by Crippen LogP contribution is -2.24. The second kappa shape index (κ2) is 5.51. The molecule has 1 rings (SSSR count). The quantitative estimate of drug-likeness (QED) is 0.596. The molecule has 0 fully saturated rings. The van der Waals surface area contributed by atoms with E-state index in [0.29, 0.717) is 0 Å². The number of esters is 1. The van der Waals surface area contributed by atoms with E-state index in [2.05, 4.69) is 9.75 Å². The van der Waals surface area contributed by atoms with E-state index in [-0.39, 0.29) is 5.56 Å². The Morgan fingerprint density at radius 1 is 1.50 bits per heavy atom. The molecule has 1 aromatic rings. The van der Waals surface area contributed by atoms with Crippen LogP contribution in [-0.4, -0.2) is 38.7 Å². The molecule has 0 unspecified atom stereocenters. The van der Waals surface area contributed by atoms with E-state index >= 15 is 0 Å². The van der Waals surface area contributed by atoms with E-state index in [0.717, 1.165) is 0 Å². The molecule has 0 radical (unpaired) electrons. The summed E-state index contributed by atoms with van der Waals surface area (Å²) in [4.78, 5) is 11.7. The average Bonchev–Trinajstić information content (AvgIpc) is 2.61. The third kappa shape index (κ3) is 4.48. The normalized spacial score (nSPS) is 13.2. The topological polar surface area (TPSA) is 93.8 Å². The van der Waals surface area contributed by atoms with Gasteiger partial charge < -0.3 is 19.4 Å². The van der Waals surface area contributed by atoms with Crippen molar-refractivity contribution < 1.29 is 24.2 Å². The molecule has 1 aromatic heterocycles. The molecule has 0 bridgehead atoms. The fourth-order valence-electron chi connectivity index (χ4n) is 1.22. The molecule has 7 nitrogen and oxygen atoms in total. The zero-order valence-electron chi connectivity index (χ0n) is 10.8. The highest BCUT2D eigenvalue weighted by molar-refractivity contribution is 6.32. The van der Waals surface area contributed by atoms with Crippen molar-refractivity contribution in [2.75, 3.05) is 0 Å². The largest absolute Gasteiger partial charge is 0.635 e. The Kier molecular flexibility index (Phi) is 4.50. The number of carbonyl (C=O) groups is 1. The molecule has 100 valence electrons. The summed E-state index contributed by atoms with van der Waals surface area (Å²) in [6, 6.07) is 0. The molecule has 0 aliphatic heterocycles. The van der Waals surface area contributed by atoms with Crippen molar-refractivity contribution >= 4 is 13.3 Å². The highest BCUT2D eigenvalue weighted by Crippen LogP contribution is 2.13. The smallest absolute Gasteiger partial charge is 0.456 e. The molecule has 0 aliphatic carbocycles. The first-order valence-electron chi connectivity index (χ1n) is 5.48. The van der Waals surface area contributed by atoms with E-state index in [1.807, 2.05) is 0 Å². The van der Waals surface area contributed by atoms with Gasteiger partial charge in [-0.1, -0.05) is 0 Å². The van der Waals surface area contributed by atoms with E-state index in [4.69, 9.17) is 14.8 Å². The van der Waals surface area contributed by atoms with Crippen LogP contribution in [0.3, 0.4) is 0 Å². The molecule has 0 aromatic carbocycles. The second-order valence-electron chi connectivity index (χ2n) is 4.77. The molecule has 0 saturated carbocycles. The minimum absolute atomic E-state index is 0.271. The van der Waals surface area contributed by atoms with Gasteiger partial charge in [0.1, 0.15) is 11.8 Å². The predicted molar refractivity (Wildman–Crippen MR) is 63.4 cm³/mol. The van der Waals surface area contributed by atoms with Gasteiger partial charge in [0, 0.05) is 6.20 Å². The maximum Gasteiger partial charge on any atom is 0.635 e. The first-order valence-corrected chi connectivity index (χ1v) is 5.48. The van der Waals surface area contributed by atoms with Gasteiger partial charge in [-0.15, -0.1) is 0 Å². The number of hydrogen-bond donors (Lipinski definition) is 2. The van der Waals surface area contributed by atoms with Crippen LogP contribution >= 0.6 is 0 Å². The number of aromatic nitrogens is 2. The van der Waals surface area contributed by atoms with Crippen molar-refractivity contribution in [1.29, 1.82) is 0 Å². The standard InChI is InChI=1S/C10H17BN2O5/c1-7(18-11(15)16)13-6-8(5-12-13)9(14)17-10(2,3)4/h5-7,15-16H,1-4H3/t7-/m1/s1. The molecule has 0 saturated heterocycles. The van der Waals surface area contributed by atoms with Crippen LogP contribution in [0.1, 0.15) is 44.3 Å². The average molecular weight is 256 g/mol. The summed E-state index contributed by atoms with van der Waals surface area (Å²) in [6.45, 7) is 6.86. The Bertz CT molecular complexity index is 413. The summed E-state index contributed by atoms with van der Waals surface area (Å²) < 4.78 is 11.1. The monoisotopic (exact) mass is 256 g/mol. The van der Waals surface area contributed by atoms with Crippen LogP contribution in [0.4, 0.5) is 0 Å². The lowest BCUT2D eigenvalue weighted by molar-refractivity contribution is 0.00692. The summed E-state index contributed by atoms with van der Waals surface area (Å²) in [5, 5.41) is 21.2. The van der Waals surface area contributed by atoms with Gasteiger partial charge in [0.2, 0.25) is 0 Å². The summed E-state index contributed by atoms with van der Waals surface area (Å²) in [5.41, 5.74) is -0.310. The fourth-order valence-corrected chi connectivity index (χ4v) is 1.22. The number of ether oxygens (including phenoxy) is 1. The number of hydrogen-bond acceptors (Lipinski definition) is 6.